The maximum atomic E-state index is 12.9. The van der Waals surface area contributed by atoms with Crippen molar-refractivity contribution in [1.82, 2.24) is 25.6 Å². The zero-order chi connectivity index (χ0) is 20.8. The number of hydrogen-bond acceptors (Lipinski definition) is 7. The van der Waals surface area contributed by atoms with E-state index in [1.54, 1.807) is 6.07 Å². The first kappa shape index (κ1) is 19.9. The minimum atomic E-state index is -0.509. The molecule has 4 N–H and O–H groups in total. The van der Waals surface area contributed by atoms with Gasteiger partial charge in [-0.2, -0.15) is 0 Å². The number of rotatable bonds is 5. The Kier molecular flexibility index (Phi) is 6.26. The molecule has 0 radical (unpaired) electrons. The van der Waals surface area contributed by atoms with Crippen molar-refractivity contribution in [2.45, 2.75) is 18.9 Å². The van der Waals surface area contributed by atoms with Crippen molar-refractivity contribution in [2.24, 2.45) is 0 Å². The molecule has 1 saturated heterocycles. The van der Waals surface area contributed by atoms with E-state index in [1.165, 1.54) is 23.9 Å². The van der Waals surface area contributed by atoms with Crippen LogP contribution in [-0.4, -0.2) is 46.0 Å². The predicted molar refractivity (Wildman–Crippen MR) is 116 cm³/mol. The van der Waals surface area contributed by atoms with Gasteiger partial charge in [0.1, 0.15) is 22.2 Å². The highest BCUT2D eigenvalue weighted by Gasteiger charge is 2.24. The Morgan fingerprint density at radius 2 is 2.00 bits per heavy atom. The molecule has 154 valence electrons. The number of piperidine rings is 1. The number of urea groups is 1. The molecule has 2 aromatic heterocycles. The highest BCUT2D eigenvalue weighted by atomic mass is 32.1. The van der Waals surface area contributed by atoms with Crippen LogP contribution in [0.2, 0.25) is 0 Å². The summed E-state index contributed by atoms with van der Waals surface area (Å²) in [5.41, 5.74) is 1.07. The van der Waals surface area contributed by atoms with Gasteiger partial charge in [0.25, 0.3) is 5.91 Å². The molecule has 3 heterocycles. The lowest BCUT2D eigenvalue weighted by Crippen LogP contribution is -2.45. The zero-order valence-corrected chi connectivity index (χ0v) is 16.9. The summed E-state index contributed by atoms with van der Waals surface area (Å²) >= 11 is 1.25. The SMILES string of the molecule is O=C(Nc1ccncn1)Nc1sc(-c2ccccc2)nc1C(=O)N[C@H]1CCCNC1. The molecule has 1 atom stereocenters. The number of anilines is 2. The summed E-state index contributed by atoms with van der Waals surface area (Å²) in [6.07, 6.45) is 4.78. The van der Waals surface area contributed by atoms with E-state index in [0.717, 1.165) is 31.5 Å². The lowest BCUT2D eigenvalue weighted by molar-refractivity contribution is 0.0927. The zero-order valence-electron chi connectivity index (χ0n) is 16.1. The average Bonchev–Trinajstić information content (AvgIpc) is 3.19. The molecule has 1 aromatic carbocycles. The first-order valence-corrected chi connectivity index (χ1v) is 10.4. The number of hydrogen-bond donors (Lipinski definition) is 4. The molecule has 0 aliphatic carbocycles. The topological polar surface area (TPSA) is 121 Å². The van der Waals surface area contributed by atoms with Crippen molar-refractivity contribution in [3.8, 4) is 10.6 Å². The van der Waals surface area contributed by atoms with E-state index in [2.05, 4.69) is 36.2 Å². The van der Waals surface area contributed by atoms with Gasteiger partial charge < -0.3 is 10.6 Å². The van der Waals surface area contributed by atoms with Crippen LogP contribution in [0, 0.1) is 0 Å². The summed E-state index contributed by atoms with van der Waals surface area (Å²) in [5.74, 6) is 0.0500. The van der Waals surface area contributed by atoms with E-state index in [9.17, 15) is 9.59 Å². The Labute approximate surface area is 177 Å². The van der Waals surface area contributed by atoms with Crippen molar-refractivity contribution in [2.75, 3.05) is 23.7 Å². The highest BCUT2D eigenvalue weighted by molar-refractivity contribution is 7.19. The maximum absolute atomic E-state index is 12.9. The smallest absolute Gasteiger partial charge is 0.325 e. The van der Waals surface area contributed by atoms with E-state index >= 15 is 0 Å². The first-order chi connectivity index (χ1) is 14.7. The maximum Gasteiger partial charge on any atom is 0.325 e. The summed E-state index contributed by atoms with van der Waals surface area (Å²) in [7, 11) is 0. The number of aromatic nitrogens is 3. The van der Waals surface area contributed by atoms with Gasteiger partial charge in [-0.05, 0) is 25.5 Å². The minimum Gasteiger partial charge on any atom is -0.347 e. The quantitative estimate of drug-likeness (QED) is 0.501. The van der Waals surface area contributed by atoms with Gasteiger partial charge in [-0.15, -0.1) is 0 Å². The molecule has 3 aromatic rings. The van der Waals surface area contributed by atoms with Crippen molar-refractivity contribution in [1.29, 1.82) is 0 Å². The van der Waals surface area contributed by atoms with E-state index in [1.807, 2.05) is 30.3 Å². The molecule has 0 unspecified atom stereocenters. The molecule has 1 aliphatic rings. The van der Waals surface area contributed by atoms with Gasteiger partial charge in [0, 0.05) is 24.3 Å². The molecular weight excluding hydrogens is 402 g/mol. The number of carbonyl (C=O) groups excluding carboxylic acids is 2. The molecule has 10 heteroatoms. The fourth-order valence-corrected chi connectivity index (χ4v) is 4.07. The van der Waals surface area contributed by atoms with E-state index in [-0.39, 0.29) is 17.6 Å². The predicted octanol–water partition coefficient (Wildman–Crippen LogP) is 2.73. The van der Waals surface area contributed by atoms with Crippen LogP contribution < -0.4 is 21.3 Å². The molecular formula is C20H21N7O2S. The van der Waals surface area contributed by atoms with E-state index in [4.69, 9.17) is 0 Å². The molecule has 1 fully saturated rings. The van der Waals surface area contributed by atoms with Crippen LogP contribution in [0.15, 0.2) is 48.9 Å². The molecule has 4 rings (SSSR count). The number of nitrogens with zero attached hydrogens (tertiary/aromatic N) is 3. The van der Waals surface area contributed by atoms with Crippen molar-refractivity contribution in [3.63, 3.8) is 0 Å². The third kappa shape index (κ3) is 4.97. The minimum absolute atomic E-state index is 0.0378. The molecule has 3 amide bonds. The molecule has 0 saturated carbocycles. The average molecular weight is 424 g/mol. The van der Waals surface area contributed by atoms with E-state index < -0.39 is 6.03 Å². The van der Waals surface area contributed by atoms with Crippen LogP contribution in [0.25, 0.3) is 10.6 Å². The number of thiazole rings is 1. The third-order valence-electron chi connectivity index (χ3n) is 4.55. The second-order valence-electron chi connectivity index (χ2n) is 6.75. The van der Waals surface area contributed by atoms with Crippen LogP contribution in [0.4, 0.5) is 15.6 Å². The summed E-state index contributed by atoms with van der Waals surface area (Å²) in [6, 6.07) is 10.6. The van der Waals surface area contributed by atoms with Gasteiger partial charge in [-0.25, -0.2) is 19.7 Å². The monoisotopic (exact) mass is 423 g/mol. The van der Waals surface area contributed by atoms with Crippen molar-refractivity contribution in [3.05, 3.63) is 54.6 Å². The van der Waals surface area contributed by atoms with Crippen LogP contribution in [0.3, 0.4) is 0 Å². The molecule has 0 spiro atoms. The number of carbonyl (C=O) groups is 2. The van der Waals surface area contributed by atoms with E-state index in [0.29, 0.717) is 15.8 Å². The Morgan fingerprint density at radius 1 is 1.13 bits per heavy atom. The van der Waals surface area contributed by atoms with Gasteiger partial charge in [-0.1, -0.05) is 41.7 Å². The summed E-state index contributed by atoms with van der Waals surface area (Å²) < 4.78 is 0. The first-order valence-electron chi connectivity index (χ1n) is 9.61. The molecule has 0 bridgehead atoms. The Morgan fingerprint density at radius 3 is 2.73 bits per heavy atom. The van der Waals surface area contributed by atoms with Crippen LogP contribution in [0.5, 0.6) is 0 Å². The molecule has 1 aliphatic heterocycles. The second-order valence-corrected chi connectivity index (χ2v) is 7.75. The summed E-state index contributed by atoms with van der Waals surface area (Å²) in [4.78, 5) is 37.7. The van der Waals surface area contributed by atoms with Gasteiger partial charge in [0.2, 0.25) is 0 Å². The van der Waals surface area contributed by atoms with Crippen LogP contribution >= 0.6 is 11.3 Å². The van der Waals surface area contributed by atoms with Crippen LogP contribution in [-0.2, 0) is 0 Å². The standard InChI is InChI=1S/C20H21N7O2S/c28-17(24-14-7-4-9-21-11-14)16-19(27-20(29)25-15-8-10-22-12-23-15)30-18(26-16)13-5-2-1-3-6-13/h1-3,5-6,8,10,12,14,21H,4,7,9,11H2,(H,24,28)(H2,22,23,25,27,29)/t14-/m0/s1. The summed E-state index contributed by atoms with van der Waals surface area (Å²) in [5, 5.41) is 12.7. The molecule has 30 heavy (non-hydrogen) atoms. The Bertz CT molecular complexity index is 1000. The summed E-state index contributed by atoms with van der Waals surface area (Å²) in [6.45, 7) is 1.68. The largest absolute Gasteiger partial charge is 0.347 e. The van der Waals surface area contributed by atoms with Crippen molar-refractivity contribution >= 4 is 34.1 Å². The number of benzene rings is 1. The van der Waals surface area contributed by atoms with Gasteiger partial charge in [0.15, 0.2) is 5.69 Å². The number of nitrogens with one attached hydrogen (secondary N) is 4. The Hall–Kier alpha value is -3.37. The fraction of sp³-hybridized carbons (Fsp3) is 0.250. The van der Waals surface area contributed by atoms with Gasteiger partial charge in [-0.3, -0.25) is 15.4 Å². The third-order valence-corrected chi connectivity index (χ3v) is 5.57. The van der Waals surface area contributed by atoms with Gasteiger partial charge in [0.05, 0.1) is 0 Å². The van der Waals surface area contributed by atoms with Crippen LogP contribution in [0.1, 0.15) is 23.3 Å². The normalized spacial score (nSPS) is 15.9. The fourth-order valence-electron chi connectivity index (χ4n) is 3.11. The highest BCUT2D eigenvalue weighted by Crippen LogP contribution is 2.32. The van der Waals surface area contributed by atoms with Crippen molar-refractivity contribution < 1.29 is 9.59 Å². The lowest BCUT2D eigenvalue weighted by atomic mass is 10.1. The second kappa shape index (κ2) is 9.42. The lowest BCUT2D eigenvalue weighted by Gasteiger charge is -2.23. The molecule has 9 nitrogen and oxygen atoms in total. The van der Waals surface area contributed by atoms with Gasteiger partial charge >= 0.3 is 6.03 Å². The Balaban J connectivity index is 1.56. The number of amides is 3.